The molecule has 272 valence electrons. The van der Waals surface area contributed by atoms with Crippen LogP contribution in [-0.4, -0.2) is 50.3 Å². The zero-order valence-corrected chi connectivity index (χ0v) is 31.3. The molecule has 3 aromatic carbocycles. The van der Waals surface area contributed by atoms with E-state index in [1.54, 1.807) is 66.7 Å². The van der Waals surface area contributed by atoms with E-state index < -0.39 is 23.0 Å². The van der Waals surface area contributed by atoms with Crippen LogP contribution < -0.4 is 25.4 Å². The number of esters is 1. The van der Waals surface area contributed by atoms with E-state index in [0.717, 1.165) is 53.9 Å². The Hall–Kier alpha value is -5.07. The van der Waals surface area contributed by atoms with Crippen molar-refractivity contribution in [3.05, 3.63) is 106 Å². The second-order valence-corrected chi connectivity index (χ2v) is 14.4. The molecule has 0 aliphatic heterocycles. The number of amides is 3. The first-order valence-electron chi connectivity index (χ1n) is 17.2. The van der Waals surface area contributed by atoms with Gasteiger partial charge < -0.3 is 30.2 Å². The quantitative estimate of drug-likeness (QED) is 0.0712. The molecule has 52 heavy (non-hydrogen) atoms. The van der Waals surface area contributed by atoms with Crippen molar-refractivity contribution in [3.8, 4) is 11.5 Å². The molecule has 1 heterocycles. The maximum atomic E-state index is 13.8. The molecule has 0 radical (unpaired) electrons. The Morgan fingerprint density at radius 2 is 1.62 bits per heavy atom. The minimum Gasteiger partial charge on any atom is -0.493 e. The Morgan fingerprint density at radius 3 is 2.33 bits per heavy atom. The summed E-state index contributed by atoms with van der Waals surface area (Å²) < 4.78 is 16.1. The fraction of sp³-hybridized carbons (Fsp3) is 0.300. The molecule has 0 saturated carbocycles. The van der Waals surface area contributed by atoms with Gasteiger partial charge in [0.2, 0.25) is 5.91 Å². The largest absolute Gasteiger partial charge is 0.493 e. The zero-order valence-electron chi connectivity index (χ0n) is 29.7. The number of carbonyl (C=O) groups excluding carboxylic acids is 4. The number of thioether (sulfide) groups is 1. The lowest BCUT2D eigenvalue weighted by atomic mass is 9.96. The lowest BCUT2D eigenvalue weighted by molar-refractivity contribution is -0.116. The van der Waals surface area contributed by atoms with Crippen molar-refractivity contribution in [1.29, 1.82) is 0 Å². The molecule has 0 spiro atoms. The van der Waals surface area contributed by atoms with Crippen molar-refractivity contribution in [2.75, 3.05) is 32.0 Å². The molecule has 0 bridgehead atoms. The van der Waals surface area contributed by atoms with E-state index in [-0.39, 0.29) is 11.6 Å². The molecule has 0 saturated heterocycles. The van der Waals surface area contributed by atoms with Crippen LogP contribution in [0.4, 0.5) is 10.7 Å². The molecule has 1 atom stereocenters. The van der Waals surface area contributed by atoms with Crippen LogP contribution in [0, 0.1) is 0 Å². The summed E-state index contributed by atoms with van der Waals surface area (Å²) >= 11 is 2.83. The molecule has 3 amide bonds. The molecule has 1 aromatic heterocycles. The third kappa shape index (κ3) is 9.42. The molecule has 0 fully saturated rings. The van der Waals surface area contributed by atoms with Gasteiger partial charge in [0.25, 0.3) is 11.8 Å². The molecule has 12 heteroatoms. The summed E-state index contributed by atoms with van der Waals surface area (Å²) in [6.45, 7) is 1.93. The van der Waals surface area contributed by atoms with Crippen LogP contribution in [0.15, 0.2) is 83.4 Å². The van der Waals surface area contributed by atoms with Gasteiger partial charge in [-0.05, 0) is 80.1 Å². The number of anilines is 2. The number of para-hydroxylation sites is 1. The van der Waals surface area contributed by atoms with E-state index in [1.165, 1.54) is 50.5 Å². The lowest BCUT2D eigenvalue weighted by Gasteiger charge is -2.16. The SMILES string of the molecule is CCC(Sc1cccc(NC(=O)/C(=C\c2cccc(OC)c2OC)NC(=O)c2ccccc2)c1)C(=O)Nc1sc2c(c1C(=O)OC)CCCCCC2. The van der Waals surface area contributed by atoms with Gasteiger partial charge in [0, 0.05) is 26.6 Å². The summed E-state index contributed by atoms with van der Waals surface area (Å²) in [6.07, 6.45) is 8.02. The minimum absolute atomic E-state index is 0.0178. The van der Waals surface area contributed by atoms with Crippen molar-refractivity contribution < 1.29 is 33.4 Å². The Bertz CT molecular complexity index is 1940. The van der Waals surface area contributed by atoms with Crippen LogP contribution in [-0.2, 0) is 27.2 Å². The summed E-state index contributed by atoms with van der Waals surface area (Å²) in [6, 6.07) is 21.0. The van der Waals surface area contributed by atoms with Crippen molar-refractivity contribution in [2.24, 2.45) is 0 Å². The summed E-state index contributed by atoms with van der Waals surface area (Å²) in [5.74, 6) is -0.810. The van der Waals surface area contributed by atoms with Gasteiger partial charge in [-0.3, -0.25) is 14.4 Å². The maximum absolute atomic E-state index is 13.8. The van der Waals surface area contributed by atoms with Crippen LogP contribution in [0.5, 0.6) is 11.5 Å². The van der Waals surface area contributed by atoms with Crippen LogP contribution >= 0.6 is 23.1 Å². The average molecular weight is 742 g/mol. The predicted octanol–water partition coefficient (Wildman–Crippen LogP) is 8.13. The van der Waals surface area contributed by atoms with Crippen LogP contribution in [0.1, 0.15) is 75.7 Å². The number of methoxy groups -OCH3 is 3. The second-order valence-electron chi connectivity index (χ2n) is 12.1. The van der Waals surface area contributed by atoms with Crippen LogP contribution in [0.2, 0.25) is 0 Å². The summed E-state index contributed by atoms with van der Waals surface area (Å²) in [7, 11) is 4.38. The predicted molar refractivity (Wildman–Crippen MR) is 207 cm³/mol. The van der Waals surface area contributed by atoms with E-state index in [2.05, 4.69) is 16.0 Å². The van der Waals surface area contributed by atoms with E-state index >= 15 is 0 Å². The number of carbonyl (C=O) groups is 4. The van der Waals surface area contributed by atoms with Crippen molar-refractivity contribution >= 4 is 63.6 Å². The van der Waals surface area contributed by atoms with Crippen LogP contribution in [0.3, 0.4) is 0 Å². The number of benzene rings is 3. The Morgan fingerprint density at radius 1 is 0.865 bits per heavy atom. The van der Waals surface area contributed by atoms with Gasteiger partial charge in [0.05, 0.1) is 32.1 Å². The van der Waals surface area contributed by atoms with Gasteiger partial charge >= 0.3 is 5.97 Å². The highest BCUT2D eigenvalue weighted by Gasteiger charge is 2.28. The molecule has 10 nitrogen and oxygen atoms in total. The zero-order chi connectivity index (χ0) is 37.0. The highest BCUT2D eigenvalue weighted by molar-refractivity contribution is 8.00. The molecule has 1 aliphatic carbocycles. The standard InChI is InChI=1S/C40H43N3O7S2/c1-5-32(38(46)43-39-34(40(47)50-4)29-20-11-6-7-12-22-33(29)52-39)51-28-19-14-18-27(24-28)41-37(45)30(42-36(44)25-15-9-8-10-16-25)23-26-17-13-21-31(48-2)35(26)49-3/h8-10,13-19,21,23-24,32H,5-7,11-12,20,22H2,1-4H3,(H,41,45)(H,42,44)(H,43,46)/b30-23+. The molecular formula is C40H43N3O7S2. The molecule has 3 N–H and O–H groups in total. The third-order valence-corrected chi connectivity index (χ3v) is 11.2. The highest BCUT2D eigenvalue weighted by Crippen LogP contribution is 2.39. The molecular weight excluding hydrogens is 699 g/mol. The van der Waals surface area contributed by atoms with Crippen LogP contribution in [0.25, 0.3) is 6.08 Å². The Labute approximate surface area is 312 Å². The number of hydrogen-bond donors (Lipinski definition) is 3. The number of aryl methyl sites for hydroxylation is 1. The van der Waals surface area contributed by atoms with E-state index in [4.69, 9.17) is 14.2 Å². The Balaban J connectivity index is 1.36. The number of nitrogens with one attached hydrogen (secondary N) is 3. The first-order valence-corrected chi connectivity index (χ1v) is 18.9. The Kier molecular flexibility index (Phi) is 13.5. The molecule has 1 aliphatic rings. The first kappa shape index (κ1) is 38.2. The lowest BCUT2D eigenvalue weighted by Crippen LogP contribution is -2.30. The summed E-state index contributed by atoms with van der Waals surface area (Å²) in [4.78, 5) is 55.5. The maximum Gasteiger partial charge on any atom is 0.341 e. The van der Waals surface area contributed by atoms with Gasteiger partial charge in [0.15, 0.2) is 11.5 Å². The van der Waals surface area contributed by atoms with Gasteiger partial charge in [-0.2, -0.15) is 0 Å². The van der Waals surface area contributed by atoms with Gasteiger partial charge in [-0.25, -0.2) is 4.79 Å². The van der Waals surface area contributed by atoms with Crippen molar-refractivity contribution in [1.82, 2.24) is 5.32 Å². The van der Waals surface area contributed by atoms with Crippen molar-refractivity contribution in [2.45, 2.75) is 62.0 Å². The number of hydrogen-bond acceptors (Lipinski definition) is 9. The monoisotopic (exact) mass is 741 g/mol. The number of ether oxygens (including phenoxy) is 3. The normalized spacial score (nSPS) is 13.4. The minimum atomic E-state index is -0.565. The van der Waals surface area contributed by atoms with Crippen molar-refractivity contribution in [3.63, 3.8) is 0 Å². The van der Waals surface area contributed by atoms with Gasteiger partial charge in [0.1, 0.15) is 10.7 Å². The number of thiophene rings is 1. The van der Waals surface area contributed by atoms with Gasteiger partial charge in [-0.15, -0.1) is 23.1 Å². The van der Waals surface area contributed by atoms with E-state index in [1.807, 2.05) is 13.0 Å². The topological polar surface area (TPSA) is 132 Å². The average Bonchev–Trinajstić information content (AvgIpc) is 3.48. The van der Waals surface area contributed by atoms with E-state index in [9.17, 15) is 19.2 Å². The number of rotatable bonds is 13. The molecule has 4 aromatic rings. The molecule has 5 rings (SSSR count). The van der Waals surface area contributed by atoms with Gasteiger partial charge in [-0.1, -0.05) is 56.2 Å². The highest BCUT2D eigenvalue weighted by atomic mass is 32.2. The summed E-state index contributed by atoms with van der Waals surface area (Å²) in [5, 5.41) is 8.74. The third-order valence-electron chi connectivity index (χ3n) is 8.59. The van der Waals surface area contributed by atoms with E-state index in [0.29, 0.717) is 45.3 Å². The molecule has 1 unspecified atom stereocenters. The number of fused-ring (bicyclic) bond motifs is 1. The smallest absolute Gasteiger partial charge is 0.341 e. The second kappa shape index (κ2) is 18.4. The first-order chi connectivity index (χ1) is 25.3. The fourth-order valence-corrected chi connectivity index (χ4v) is 8.27. The summed E-state index contributed by atoms with van der Waals surface area (Å²) in [5.41, 5.74) is 2.82. The fourth-order valence-electron chi connectivity index (χ4n) is 5.97.